The highest BCUT2D eigenvalue weighted by molar-refractivity contribution is 5.93. The molecule has 0 spiro atoms. The molecule has 2 rings (SSSR count). The van der Waals surface area contributed by atoms with Crippen LogP contribution in [0.1, 0.15) is 42.1 Å². The lowest BCUT2D eigenvalue weighted by Crippen LogP contribution is -2.24. The first-order valence-corrected chi connectivity index (χ1v) is 7.67. The number of nitrogens with one attached hydrogen (secondary N) is 2. The number of hydrogen-bond donors (Lipinski definition) is 2. The third-order valence-corrected chi connectivity index (χ3v) is 3.27. The third kappa shape index (κ3) is 5.16. The Labute approximate surface area is 131 Å². The number of nitrogens with zero attached hydrogens (tertiary/aromatic N) is 2. The van der Waals surface area contributed by atoms with Crippen molar-refractivity contribution in [2.45, 2.75) is 32.7 Å². The molecule has 116 valence electrons. The number of amides is 1. The van der Waals surface area contributed by atoms with Gasteiger partial charge in [0.15, 0.2) is 0 Å². The molecule has 0 saturated carbocycles. The zero-order chi connectivity index (χ0) is 15.6. The highest BCUT2D eigenvalue weighted by Crippen LogP contribution is 2.04. The first-order valence-electron chi connectivity index (χ1n) is 7.67. The maximum Gasteiger partial charge on any atom is 0.254 e. The average molecular weight is 298 g/mol. The Hall–Kier alpha value is -2.43. The molecule has 0 bridgehead atoms. The molecule has 0 saturated heterocycles. The second-order valence-electron chi connectivity index (χ2n) is 5.10. The molecule has 0 aliphatic heterocycles. The topological polar surface area (TPSA) is 66.9 Å². The van der Waals surface area contributed by atoms with E-state index in [4.69, 9.17) is 0 Å². The molecule has 0 fully saturated rings. The summed E-state index contributed by atoms with van der Waals surface area (Å²) in [5.41, 5.74) is 1.64. The van der Waals surface area contributed by atoms with Crippen LogP contribution >= 0.6 is 0 Å². The van der Waals surface area contributed by atoms with Gasteiger partial charge in [-0.1, -0.05) is 50.1 Å². The zero-order valence-corrected chi connectivity index (χ0v) is 12.9. The van der Waals surface area contributed by atoms with Crippen molar-refractivity contribution in [1.29, 1.82) is 0 Å². The van der Waals surface area contributed by atoms with Gasteiger partial charge in [0, 0.05) is 25.5 Å². The van der Waals surface area contributed by atoms with Crippen molar-refractivity contribution in [2.75, 3.05) is 11.9 Å². The minimum Gasteiger partial charge on any atom is -0.352 e. The van der Waals surface area contributed by atoms with Gasteiger partial charge < -0.3 is 10.6 Å². The van der Waals surface area contributed by atoms with Gasteiger partial charge in [0.1, 0.15) is 0 Å². The van der Waals surface area contributed by atoms with E-state index < -0.39 is 0 Å². The average Bonchev–Trinajstić information content (AvgIpc) is 2.58. The Balaban J connectivity index is 1.81. The Morgan fingerprint density at radius 3 is 2.50 bits per heavy atom. The number of anilines is 1. The summed E-state index contributed by atoms with van der Waals surface area (Å²) >= 11 is 0. The van der Waals surface area contributed by atoms with Gasteiger partial charge in [0.05, 0.1) is 5.56 Å². The molecule has 1 amide bonds. The maximum absolute atomic E-state index is 11.9. The fraction of sp³-hybridized carbons (Fsp3) is 0.353. The van der Waals surface area contributed by atoms with Crippen molar-refractivity contribution >= 4 is 11.9 Å². The number of carbonyl (C=O) groups is 1. The highest BCUT2D eigenvalue weighted by atomic mass is 16.1. The molecule has 1 aromatic carbocycles. The van der Waals surface area contributed by atoms with Gasteiger partial charge in [-0.3, -0.25) is 4.79 Å². The van der Waals surface area contributed by atoms with Crippen LogP contribution in [0.15, 0.2) is 42.7 Å². The van der Waals surface area contributed by atoms with Gasteiger partial charge in [-0.15, -0.1) is 0 Å². The van der Waals surface area contributed by atoms with Crippen molar-refractivity contribution in [3.05, 3.63) is 53.9 Å². The lowest BCUT2D eigenvalue weighted by atomic mass is 10.2. The molecule has 0 aliphatic rings. The monoisotopic (exact) mass is 298 g/mol. The fourth-order valence-corrected chi connectivity index (χ4v) is 1.99. The van der Waals surface area contributed by atoms with Crippen LogP contribution in [-0.2, 0) is 6.54 Å². The van der Waals surface area contributed by atoms with Gasteiger partial charge in [-0.2, -0.15) is 0 Å². The molecule has 0 atom stereocenters. The summed E-state index contributed by atoms with van der Waals surface area (Å²) in [5, 5.41) is 6.00. The normalized spacial score (nSPS) is 10.2. The Bertz CT molecular complexity index is 569. The summed E-state index contributed by atoms with van der Waals surface area (Å²) in [7, 11) is 0. The van der Waals surface area contributed by atoms with E-state index in [-0.39, 0.29) is 5.91 Å². The molecule has 5 nitrogen and oxygen atoms in total. The minimum atomic E-state index is -0.120. The van der Waals surface area contributed by atoms with Crippen LogP contribution < -0.4 is 10.6 Å². The van der Waals surface area contributed by atoms with Crippen LogP contribution in [0, 0.1) is 0 Å². The zero-order valence-electron chi connectivity index (χ0n) is 12.9. The van der Waals surface area contributed by atoms with E-state index in [2.05, 4.69) is 27.5 Å². The number of rotatable bonds is 8. The quantitative estimate of drug-likeness (QED) is 0.735. The highest BCUT2D eigenvalue weighted by Gasteiger charge is 2.06. The van der Waals surface area contributed by atoms with E-state index >= 15 is 0 Å². The lowest BCUT2D eigenvalue weighted by Gasteiger charge is -2.06. The molecule has 0 radical (unpaired) electrons. The number of aromatic nitrogens is 2. The van der Waals surface area contributed by atoms with Crippen LogP contribution in [0.2, 0.25) is 0 Å². The Morgan fingerprint density at radius 1 is 1.09 bits per heavy atom. The van der Waals surface area contributed by atoms with Crippen LogP contribution in [-0.4, -0.2) is 22.4 Å². The SMILES string of the molecule is CCCCCNC(=O)c1cnc(NCc2ccccc2)nc1. The first kappa shape index (κ1) is 15.9. The summed E-state index contributed by atoms with van der Waals surface area (Å²) < 4.78 is 0. The van der Waals surface area contributed by atoms with Crippen molar-refractivity contribution < 1.29 is 4.79 Å². The molecule has 2 N–H and O–H groups in total. The molecular formula is C17H22N4O. The van der Waals surface area contributed by atoms with Gasteiger partial charge in [0.25, 0.3) is 5.91 Å². The second kappa shape index (κ2) is 8.77. The van der Waals surface area contributed by atoms with Crippen LogP contribution in [0.25, 0.3) is 0 Å². The molecule has 0 aliphatic carbocycles. The van der Waals surface area contributed by atoms with Crippen molar-refractivity contribution in [1.82, 2.24) is 15.3 Å². The van der Waals surface area contributed by atoms with Gasteiger partial charge in [0.2, 0.25) is 5.95 Å². The lowest BCUT2D eigenvalue weighted by molar-refractivity contribution is 0.0952. The Kier molecular flexibility index (Phi) is 6.36. The summed E-state index contributed by atoms with van der Waals surface area (Å²) in [4.78, 5) is 20.2. The first-order chi connectivity index (χ1) is 10.8. The molecular weight excluding hydrogens is 276 g/mol. The summed E-state index contributed by atoms with van der Waals surface area (Å²) in [6, 6.07) is 10.0. The predicted molar refractivity (Wildman–Crippen MR) is 87.7 cm³/mol. The van der Waals surface area contributed by atoms with Crippen molar-refractivity contribution in [2.24, 2.45) is 0 Å². The second-order valence-corrected chi connectivity index (χ2v) is 5.10. The summed E-state index contributed by atoms with van der Waals surface area (Å²) in [6.45, 7) is 3.49. The van der Waals surface area contributed by atoms with Crippen LogP contribution in [0.4, 0.5) is 5.95 Å². The standard InChI is InChI=1S/C17H22N4O/c1-2-3-7-10-18-16(22)15-12-20-17(21-13-15)19-11-14-8-5-4-6-9-14/h4-6,8-9,12-13H,2-3,7,10-11H2,1H3,(H,18,22)(H,19,20,21). The third-order valence-electron chi connectivity index (χ3n) is 3.27. The maximum atomic E-state index is 11.9. The summed E-state index contributed by atoms with van der Waals surface area (Å²) in [5.74, 6) is 0.400. The molecule has 1 aromatic heterocycles. The molecule has 22 heavy (non-hydrogen) atoms. The minimum absolute atomic E-state index is 0.120. The largest absolute Gasteiger partial charge is 0.352 e. The molecule has 2 aromatic rings. The smallest absolute Gasteiger partial charge is 0.254 e. The van der Waals surface area contributed by atoms with E-state index in [0.29, 0.717) is 24.6 Å². The van der Waals surface area contributed by atoms with Crippen molar-refractivity contribution in [3.8, 4) is 0 Å². The van der Waals surface area contributed by atoms with Crippen LogP contribution in [0.5, 0.6) is 0 Å². The van der Waals surface area contributed by atoms with Gasteiger partial charge in [-0.05, 0) is 12.0 Å². The van der Waals surface area contributed by atoms with Gasteiger partial charge >= 0.3 is 0 Å². The fourth-order valence-electron chi connectivity index (χ4n) is 1.99. The molecule has 1 heterocycles. The van der Waals surface area contributed by atoms with Crippen molar-refractivity contribution in [3.63, 3.8) is 0 Å². The molecule has 5 heteroatoms. The number of hydrogen-bond acceptors (Lipinski definition) is 4. The van der Waals surface area contributed by atoms with E-state index in [1.165, 1.54) is 0 Å². The van der Waals surface area contributed by atoms with E-state index in [9.17, 15) is 4.79 Å². The van der Waals surface area contributed by atoms with E-state index in [1.54, 1.807) is 12.4 Å². The van der Waals surface area contributed by atoms with E-state index in [0.717, 1.165) is 24.8 Å². The number of carbonyl (C=O) groups excluding carboxylic acids is 1. The number of benzene rings is 1. The van der Waals surface area contributed by atoms with Gasteiger partial charge in [-0.25, -0.2) is 9.97 Å². The van der Waals surface area contributed by atoms with E-state index in [1.807, 2.05) is 30.3 Å². The Morgan fingerprint density at radius 2 is 1.82 bits per heavy atom. The molecule has 0 unspecified atom stereocenters. The predicted octanol–water partition coefficient (Wildman–Crippen LogP) is 3.01. The number of unbranched alkanes of at least 4 members (excludes halogenated alkanes) is 2. The van der Waals surface area contributed by atoms with Crippen LogP contribution in [0.3, 0.4) is 0 Å². The summed E-state index contributed by atoms with van der Waals surface area (Å²) in [6.07, 6.45) is 6.37.